The van der Waals surface area contributed by atoms with Gasteiger partial charge in [0.2, 0.25) is 0 Å². The van der Waals surface area contributed by atoms with Crippen molar-refractivity contribution in [2.45, 2.75) is 52.0 Å². The fourth-order valence-corrected chi connectivity index (χ4v) is 3.96. The number of hydrogen-bond acceptors (Lipinski definition) is 4. The summed E-state index contributed by atoms with van der Waals surface area (Å²) in [6, 6.07) is 8.21. The molecule has 1 aliphatic rings. The number of nitrogen functional groups attached to an aromatic ring is 1. The molecule has 0 bridgehead atoms. The van der Waals surface area contributed by atoms with Gasteiger partial charge in [-0.25, -0.2) is 9.97 Å². The molecule has 5 heteroatoms. The van der Waals surface area contributed by atoms with Gasteiger partial charge >= 0.3 is 0 Å². The third-order valence-corrected chi connectivity index (χ3v) is 5.82. The molecule has 1 aliphatic carbocycles. The Morgan fingerprint density at radius 1 is 1.21 bits per heavy atom. The smallest absolute Gasteiger partial charge is 0.152 e. The van der Waals surface area contributed by atoms with E-state index >= 15 is 0 Å². The average Bonchev–Trinajstić information content (AvgIpc) is 3.03. The standard InChI is InChI=1S/C23H31N5/c1-2-3-13-20-27-21-22(18-11-4-5-12-19(18)26-23(21)24)28(20)15-7-6-14-25-16-17-9-8-10-17/h4-7,11-12,17,25H,2-3,8-10,13-16H2,1H3,(H2,24,26)/b7-6+. The molecule has 1 saturated carbocycles. The van der Waals surface area contributed by atoms with E-state index in [4.69, 9.17) is 10.7 Å². The molecule has 3 aromatic rings. The van der Waals surface area contributed by atoms with Gasteiger partial charge in [0.25, 0.3) is 0 Å². The third-order valence-electron chi connectivity index (χ3n) is 5.82. The van der Waals surface area contributed by atoms with E-state index in [0.29, 0.717) is 5.82 Å². The highest BCUT2D eigenvalue weighted by Crippen LogP contribution is 2.29. The Bertz CT molecular complexity index is 968. The lowest BCUT2D eigenvalue weighted by molar-refractivity contribution is 0.305. The Morgan fingerprint density at radius 2 is 2.07 bits per heavy atom. The molecule has 4 rings (SSSR count). The first-order chi connectivity index (χ1) is 13.8. The minimum Gasteiger partial charge on any atom is -0.382 e. The topological polar surface area (TPSA) is 68.8 Å². The van der Waals surface area contributed by atoms with Gasteiger partial charge in [-0.1, -0.05) is 50.1 Å². The number of aromatic nitrogens is 3. The zero-order valence-corrected chi connectivity index (χ0v) is 16.8. The Morgan fingerprint density at radius 3 is 2.86 bits per heavy atom. The first-order valence-electron chi connectivity index (χ1n) is 10.7. The number of aryl methyl sites for hydroxylation is 1. The maximum absolute atomic E-state index is 6.26. The highest BCUT2D eigenvalue weighted by Gasteiger charge is 2.17. The molecule has 2 aromatic heterocycles. The second-order valence-electron chi connectivity index (χ2n) is 7.88. The maximum Gasteiger partial charge on any atom is 0.152 e. The van der Waals surface area contributed by atoms with Crippen LogP contribution in [-0.2, 0) is 13.0 Å². The summed E-state index contributed by atoms with van der Waals surface area (Å²) in [6.07, 6.45) is 11.9. The predicted octanol–water partition coefficient (Wildman–Crippen LogP) is 4.46. The Hall–Kier alpha value is -2.40. The molecule has 0 amide bonds. The molecular weight excluding hydrogens is 346 g/mol. The predicted molar refractivity (Wildman–Crippen MR) is 117 cm³/mol. The lowest BCUT2D eigenvalue weighted by atomic mass is 9.85. The number of fused-ring (bicyclic) bond motifs is 3. The normalized spacial score (nSPS) is 15.0. The van der Waals surface area contributed by atoms with Crippen molar-refractivity contribution in [1.29, 1.82) is 0 Å². The molecule has 5 nitrogen and oxygen atoms in total. The number of pyridine rings is 1. The number of allylic oxidation sites excluding steroid dienone is 1. The van der Waals surface area contributed by atoms with Crippen LogP contribution in [0.4, 0.5) is 5.82 Å². The fraction of sp³-hybridized carbons (Fsp3) is 0.478. The molecule has 148 valence electrons. The number of rotatable bonds is 9. The van der Waals surface area contributed by atoms with Crippen LogP contribution in [0.5, 0.6) is 0 Å². The van der Waals surface area contributed by atoms with Crippen molar-refractivity contribution in [1.82, 2.24) is 19.9 Å². The van der Waals surface area contributed by atoms with E-state index in [1.807, 2.05) is 12.1 Å². The van der Waals surface area contributed by atoms with Crippen LogP contribution >= 0.6 is 0 Å². The molecular formula is C23H31N5. The monoisotopic (exact) mass is 377 g/mol. The summed E-state index contributed by atoms with van der Waals surface area (Å²) in [4.78, 5) is 9.45. The zero-order chi connectivity index (χ0) is 19.3. The summed E-state index contributed by atoms with van der Waals surface area (Å²) < 4.78 is 2.33. The van der Waals surface area contributed by atoms with Gasteiger partial charge in [-0.2, -0.15) is 0 Å². The summed E-state index contributed by atoms with van der Waals surface area (Å²) in [5.74, 6) is 2.53. The van der Waals surface area contributed by atoms with Gasteiger partial charge in [0.1, 0.15) is 11.3 Å². The van der Waals surface area contributed by atoms with Crippen molar-refractivity contribution in [2.75, 3.05) is 18.8 Å². The zero-order valence-electron chi connectivity index (χ0n) is 16.8. The van der Waals surface area contributed by atoms with E-state index in [0.717, 1.165) is 72.6 Å². The first kappa shape index (κ1) is 18.9. The van der Waals surface area contributed by atoms with Crippen molar-refractivity contribution in [3.63, 3.8) is 0 Å². The van der Waals surface area contributed by atoms with Gasteiger partial charge in [-0.05, 0) is 37.8 Å². The van der Waals surface area contributed by atoms with Crippen LogP contribution in [0.3, 0.4) is 0 Å². The van der Waals surface area contributed by atoms with Crippen LogP contribution in [0.25, 0.3) is 21.9 Å². The van der Waals surface area contributed by atoms with Crippen LogP contribution in [-0.4, -0.2) is 27.6 Å². The number of imidazole rings is 1. The molecule has 3 N–H and O–H groups in total. The Kier molecular flexibility index (Phi) is 5.91. The molecule has 1 aromatic carbocycles. The van der Waals surface area contributed by atoms with Crippen LogP contribution < -0.4 is 11.1 Å². The van der Waals surface area contributed by atoms with Gasteiger partial charge in [0, 0.05) is 24.9 Å². The van der Waals surface area contributed by atoms with E-state index in [9.17, 15) is 0 Å². The lowest BCUT2D eigenvalue weighted by Crippen LogP contribution is -2.27. The number of nitrogens with one attached hydrogen (secondary N) is 1. The second-order valence-corrected chi connectivity index (χ2v) is 7.88. The van der Waals surface area contributed by atoms with Gasteiger partial charge < -0.3 is 15.6 Å². The number of nitrogens with two attached hydrogens (primary N) is 1. The minimum absolute atomic E-state index is 0.524. The highest BCUT2D eigenvalue weighted by molar-refractivity contribution is 6.06. The van der Waals surface area contributed by atoms with E-state index in [1.54, 1.807) is 0 Å². The number of para-hydroxylation sites is 1. The Labute approximate surface area is 167 Å². The van der Waals surface area contributed by atoms with E-state index in [2.05, 4.69) is 46.1 Å². The van der Waals surface area contributed by atoms with E-state index in [-0.39, 0.29) is 0 Å². The molecule has 0 aliphatic heterocycles. The molecule has 1 fully saturated rings. The number of anilines is 1. The first-order valence-corrected chi connectivity index (χ1v) is 10.7. The van der Waals surface area contributed by atoms with E-state index < -0.39 is 0 Å². The number of nitrogens with zero attached hydrogens (tertiary/aromatic N) is 3. The van der Waals surface area contributed by atoms with Crippen molar-refractivity contribution < 1.29 is 0 Å². The van der Waals surface area contributed by atoms with Crippen molar-refractivity contribution in [2.24, 2.45) is 5.92 Å². The maximum atomic E-state index is 6.26. The van der Waals surface area contributed by atoms with Crippen molar-refractivity contribution >= 4 is 27.8 Å². The van der Waals surface area contributed by atoms with Crippen LogP contribution in [0, 0.1) is 5.92 Å². The number of benzene rings is 1. The summed E-state index contributed by atoms with van der Waals surface area (Å²) in [5.41, 5.74) is 9.14. The summed E-state index contributed by atoms with van der Waals surface area (Å²) in [6.45, 7) is 5.10. The number of unbranched alkanes of at least 4 members (excludes halogenated alkanes) is 1. The lowest BCUT2D eigenvalue weighted by Gasteiger charge is -2.25. The van der Waals surface area contributed by atoms with Gasteiger partial charge in [-0.3, -0.25) is 0 Å². The number of hydrogen-bond donors (Lipinski definition) is 2. The molecule has 0 unspecified atom stereocenters. The summed E-state index contributed by atoms with van der Waals surface area (Å²) in [7, 11) is 0. The highest BCUT2D eigenvalue weighted by atomic mass is 15.1. The van der Waals surface area contributed by atoms with E-state index in [1.165, 1.54) is 19.3 Å². The summed E-state index contributed by atoms with van der Waals surface area (Å²) in [5, 5.41) is 4.67. The SMILES string of the molecule is CCCCc1nc2c(N)nc3ccccc3c2n1C/C=C/CNCC1CCC1. The fourth-order valence-electron chi connectivity index (χ4n) is 3.96. The van der Waals surface area contributed by atoms with Gasteiger partial charge in [0.15, 0.2) is 5.82 Å². The molecule has 2 heterocycles. The second kappa shape index (κ2) is 8.74. The molecule has 0 atom stereocenters. The summed E-state index contributed by atoms with van der Waals surface area (Å²) >= 11 is 0. The Balaban J connectivity index is 1.60. The third kappa shape index (κ3) is 3.90. The molecule has 0 radical (unpaired) electrons. The van der Waals surface area contributed by atoms with Crippen molar-refractivity contribution in [3.05, 3.63) is 42.2 Å². The molecule has 28 heavy (non-hydrogen) atoms. The van der Waals surface area contributed by atoms with Gasteiger partial charge in [-0.15, -0.1) is 0 Å². The van der Waals surface area contributed by atoms with Gasteiger partial charge in [0.05, 0.1) is 11.0 Å². The van der Waals surface area contributed by atoms with Crippen LogP contribution in [0.15, 0.2) is 36.4 Å². The molecule has 0 spiro atoms. The van der Waals surface area contributed by atoms with Crippen LogP contribution in [0.2, 0.25) is 0 Å². The van der Waals surface area contributed by atoms with Crippen molar-refractivity contribution in [3.8, 4) is 0 Å². The molecule has 0 saturated heterocycles. The van der Waals surface area contributed by atoms with Crippen LogP contribution in [0.1, 0.15) is 44.9 Å². The average molecular weight is 378 g/mol. The minimum atomic E-state index is 0.524. The quantitative estimate of drug-likeness (QED) is 0.427. The largest absolute Gasteiger partial charge is 0.382 e.